The number of ketones is 1. The van der Waals surface area contributed by atoms with Crippen LogP contribution in [0.4, 0.5) is 8.92 Å². The fourth-order valence-electron chi connectivity index (χ4n) is 4.12. The molecule has 0 heterocycles. The quantitative estimate of drug-likeness (QED) is 0.585. The van der Waals surface area contributed by atoms with E-state index in [9.17, 15) is 23.6 Å². The fraction of sp³-hybridized carbons (Fsp3) is 0.333. The van der Waals surface area contributed by atoms with Crippen LogP contribution in [0, 0.1) is 17.7 Å². The average Bonchev–Trinajstić information content (AvgIpc) is 2.77. The summed E-state index contributed by atoms with van der Waals surface area (Å²) in [6.07, 6.45) is 1.41. The Kier molecular flexibility index (Phi) is 7.31. The lowest BCUT2D eigenvalue weighted by Gasteiger charge is -2.32. The van der Waals surface area contributed by atoms with Crippen molar-refractivity contribution in [2.75, 3.05) is 13.7 Å². The van der Waals surface area contributed by atoms with E-state index >= 15 is 0 Å². The van der Waals surface area contributed by atoms with Gasteiger partial charge in [0.25, 0.3) is 0 Å². The maximum atomic E-state index is 14.5. The molecule has 5 nitrogen and oxygen atoms in total. The average molecular weight is 465 g/mol. The first-order valence-corrected chi connectivity index (χ1v) is 10.4. The molecule has 3 rings (SSSR count). The lowest BCUT2D eigenvalue weighted by Crippen LogP contribution is -2.29. The summed E-state index contributed by atoms with van der Waals surface area (Å²) >= 11 is 5.88. The number of carbonyl (C=O) groups is 2. The molecule has 0 bridgehead atoms. The van der Waals surface area contributed by atoms with Crippen LogP contribution in [-0.4, -0.2) is 30.6 Å². The van der Waals surface area contributed by atoms with Crippen molar-refractivity contribution in [3.8, 4) is 5.75 Å². The predicted molar refractivity (Wildman–Crippen MR) is 115 cm³/mol. The van der Waals surface area contributed by atoms with Crippen LogP contribution in [0.5, 0.6) is 5.75 Å². The van der Waals surface area contributed by atoms with Crippen molar-refractivity contribution in [3.63, 3.8) is 0 Å². The van der Waals surface area contributed by atoms with Crippen LogP contribution in [0.15, 0.2) is 42.0 Å². The third-order valence-corrected chi connectivity index (χ3v) is 6.17. The zero-order valence-electron chi connectivity index (χ0n) is 17.8. The Morgan fingerprint density at radius 3 is 2.56 bits per heavy atom. The van der Waals surface area contributed by atoms with Gasteiger partial charge in [-0.3, -0.25) is 4.79 Å². The van der Waals surface area contributed by atoms with E-state index in [2.05, 4.69) is 4.94 Å². The highest BCUT2D eigenvalue weighted by Gasteiger charge is 2.37. The Bertz CT molecular complexity index is 1080. The number of allylic oxidation sites excluding steroid dienone is 1. The van der Waals surface area contributed by atoms with Crippen molar-refractivity contribution >= 4 is 23.4 Å². The third kappa shape index (κ3) is 4.40. The third-order valence-electron chi connectivity index (χ3n) is 5.88. The molecule has 0 spiro atoms. The van der Waals surface area contributed by atoms with Crippen molar-refractivity contribution in [2.45, 2.75) is 26.2 Å². The smallest absolute Gasteiger partial charge is 0.383 e. The Morgan fingerprint density at radius 2 is 1.97 bits per heavy atom. The largest absolute Gasteiger partial charge is 0.496 e. The Labute approximate surface area is 189 Å². The molecule has 0 aliphatic heterocycles. The summed E-state index contributed by atoms with van der Waals surface area (Å²) in [5, 5.41) is 9.93. The summed E-state index contributed by atoms with van der Waals surface area (Å²) in [5.41, 5.74) is 1.01. The maximum Gasteiger partial charge on any atom is 0.383 e. The van der Waals surface area contributed by atoms with E-state index in [-0.39, 0.29) is 35.4 Å². The van der Waals surface area contributed by atoms with Gasteiger partial charge < -0.3 is 9.84 Å². The Hall–Kier alpha value is -2.77. The van der Waals surface area contributed by atoms with E-state index in [1.807, 2.05) is 13.8 Å². The number of aliphatic hydroxyl groups is 1. The van der Waals surface area contributed by atoms with Crippen LogP contribution in [0.2, 0.25) is 5.02 Å². The number of aliphatic hydroxyl groups excluding tert-OH is 1. The normalized spacial score (nSPS) is 16.4. The minimum atomic E-state index is -1.40. The highest BCUT2D eigenvalue weighted by Crippen LogP contribution is 2.42. The van der Waals surface area contributed by atoms with E-state index < -0.39 is 29.1 Å². The zero-order chi connectivity index (χ0) is 23.6. The van der Waals surface area contributed by atoms with Crippen molar-refractivity contribution in [1.82, 2.24) is 0 Å². The molecule has 2 aromatic rings. The van der Waals surface area contributed by atoms with Crippen LogP contribution < -0.4 is 4.74 Å². The number of fused-ring (bicyclic) bond motifs is 1. The van der Waals surface area contributed by atoms with E-state index in [0.29, 0.717) is 22.4 Å². The van der Waals surface area contributed by atoms with Gasteiger partial charge in [-0.05, 0) is 46.7 Å². The SMILES string of the molecule is COc1cc2c(cc1Cc1cccc(Cl)c1F)C(=O)C(C(=O)OF)=CC2C(CO)C(C)C. The first-order valence-electron chi connectivity index (χ1n) is 10.1. The molecule has 1 N–H and O–H groups in total. The first-order chi connectivity index (χ1) is 15.2. The van der Waals surface area contributed by atoms with Crippen molar-refractivity contribution < 1.29 is 33.3 Å². The molecule has 170 valence electrons. The molecule has 0 amide bonds. The molecule has 1 aliphatic carbocycles. The monoisotopic (exact) mass is 464 g/mol. The van der Waals surface area contributed by atoms with Gasteiger partial charge in [0.05, 0.1) is 12.1 Å². The molecular weight excluding hydrogens is 442 g/mol. The molecule has 2 atom stereocenters. The van der Waals surface area contributed by atoms with Gasteiger partial charge in [0.2, 0.25) is 0 Å². The number of Topliss-reactive ketones (excluding diaryl/α,β-unsaturated/α-hetero) is 1. The number of rotatable bonds is 7. The zero-order valence-corrected chi connectivity index (χ0v) is 18.6. The summed E-state index contributed by atoms with van der Waals surface area (Å²) < 4.78 is 32.7. The van der Waals surface area contributed by atoms with Gasteiger partial charge in [-0.15, -0.1) is 0 Å². The molecule has 0 radical (unpaired) electrons. The standard InChI is InChI=1S/C24H23ClF2O5/c1-12(2)19(11-28)15-9-18(24(30)32-27)23(29)17-8-14(21(31-3)10-16(15)17)7-13-5-4-6-20(25)22(13)26/h4-6,8-10,12,15,19,28H,7,11H2,1-3H3. The number of carbonyl (C=O) groups excluding carboxylic acids is 2. The lowest BCUT2D eigenvalue weighted by atomic mass is 9.72. The number of hydrogen-bond donors (Lipinski definition) is 1. The minimum absolute atomic E-state index is 0.0174. The molecule has 0 aromatic heterocycles. The summed E-state index contributed by atoms with van der Waals surface area (Å²) in [4.78, 5) is 28.3. The molecular formula is C24H23ClF2O5. The summed E-state index contributed by atoms with van der Waals surface area (Å²) in [6.45, 7) is 3.57. The molecule has 0 saturated heterocycles. The molecule has 1 aliphatic rings. The van der Waals surface area contributed by atoms with Gasteiger partial charge in [0.1, 0.15) is 17.1 Å². The second-order valence-electron chi connectivity index (χ2n) is 8.03. The first kappa shape index (κ1) is 23.9. The van der Waals surface area contributed by atoms with Crippen LogP contribution in [-0.2, 0) is 16.2 Å². The summed E-state index contributed by atoms with van der Waals surface area (Å²) in [6, 6.07) is 7.77. The van der Waals surface area contributed by atoms with Gasteiger partial charge in [-0.25, -0.2) is 14.1 Å². The summed E-state index contributed by atoms with van der Waals surface area (Å²) in [7, 11) is 1.45. The number of methoxy groups -OCH3 is 1. The molecule has 0 fully saturated rings. The van der Waals surface area contributed by atoms with Crippen molar-refractivity contribution in [2.24, 2.45) is 11.8 Å². The van der Waals surface area contributed by atoms with Gasteiger partial charge in [0.15, 0.2) is 5.78 Å². The van der Waals surface area contributed by atoms with Crippen molar-refractivity contribution in [3.05, 3.63) is 75.1 Å². The molecule has 8 heteroatoms. The van der Waals surface area contributed by atoms with E-state index in [4.69, 9.17) is 16.3 Å². The molecule has 2 aromatic carbocycles. The lowest BCUT2D eigenvalue weighted by molar-refractivity contribution is -0.177. The number of hydrogen-bond acceptors (Lipinski definition) is 5. The second kappa shape index (κ2) is 9.79. The molecule has 0 saturated carbocycles. The van der Waals surface area contributed by atoms with Crippen LogP contribution >= 0.6 is 11.6 Å². The van der Waals surface area contributed by atoms with Gasteiger partial charge in [-0.2, -0.15) is 0 Å². The van der Waals surface area contributed by atoms with E-state index in [1.165, 1.54) is 25.3 Å². The van der Waals surface area contributed by atoms with E-state index in [1.54, 1.807) is 18.2 Å². The molecule has 32 heavy (non-hydrogen) atoms. The van der Waals surface area contributed by atoms with Gasteiger partial charge in [-0.1, -0.05) is 43.7 Å². The van der Waals surface area contributed by atoms with Gasteiger partial charge in [0, 0.05) is 29.0 Å². The van der Waals surface area contributed by atoms with Crippen molar-refractivity contribution in [1.29, 1.82) is 0 Å². The highest BCUT2D eigenvalue weighted by molar-refractivity contribution is 6.30. The fourth-order valence-corrected chi connectivity index (χ4v) is 4.31. The van der Waals surface area contributed by atoms with Crippen LogP contribution in [0.25, 0.3) is 0 Å². The van der Waals surface area contributed by atoms with Crippen LogP contribution in [0.1, 0.15) is 46.8 Å². The highest BCUT2D eigenvalue weighted by atomic mass is 35.5. The summed E-state index contributed by atoms with van der Waals surface area (Å²) in [5.74, 6) is -3.22. The Balaban J connectivity index is 2.18. The van der Waals surface area contributed by atoms with E-state index in [0.717, 1.165) is 0 Å². The minimum Gasteiger partial charge on any atom is -0.496 e. The second-order valence-corrected chi connectivity index (χ2v) is 8.44. The number of ether oxygens (including phenoxy) is 1. The van der Waals surface area contributed by atoms with Crippen LogP contribution in [0.3, 0.4) is 0 Å². The number of benzene rings is 2. The maximum absolute atomic E-state index is 14.5. The Morgan fingerprint density at radius 1 is 1.25 bits per heavy atom. The predicted octanol–water partition coefficient (Wildman–Crippen LogP) is 4.98. The topological polar surface area (TPSA) is 72.8 Å². The number of halogens is 3. The van der Waals surface area contributed by atoms with Gasteiger partial charge >= 0.3 is 5.97 Å². The molecule has 2 unspecified atom stereocenters.